The van der Waals surface area contributed by atoms with E-state index in [9.17, 15) is 5.11 Å². The second kappa shape index (κ2) is 7.44. The van der Waals surface area contributed by atoms with Crippen molar-refractivity contribution in [2.45, 2.75) is 58.5 Å². The molecule has 2 aromatic carbocycles. The van der Waals surface area contributed by atoms with Crippen molar-refractivity contribution in [3.05, 3.63) is 47.5 Å². The quantitative estimate of drug-likeness (QED) is 0.562. The maximum Gasteiger partial charge on any atom is 0.119 e. The summed E-state index contributed by atoms with van der Waals surface area (Å²) in [6.07, 6.45) is 6.10. The molecule has 0 fully saturated rings. The predicted octanol–water partition coefficient (Wildman–Crippen LogP) is 5.84. The van der Waals surface area contributed by atoms with E-state index in [0.717, 1.165) is 17.4 Å². The molecule has 1 unspecified atom stereocenters. The Morgan fingerprint density at radius 1 is 0.950 bits per heavy atom. The summed E-state index contributed by atoms with van der Waals surface area (Å²) in [4.78, 5) is 0. The van der Waals surface area contributed by atoms with Crippen LogP contribution in [0.1, 0.15) is 63.2 Å². The number of unbranched alkanes of at least 4 members (excludes halogenated alkanes) is 3. The SMILES string of the molecule is CCCCCCc1ccc2ccccc2c1C([O])CC. The minimum atomic E-state index is -0.595. The molecule has 1 atom stereocenters. The summed E-state index contributed by atoms with van der Waals surface area (Å²) in [7, 11) is 0. The lowest BCUT2D eigenvalue weighted by Crippen LogP contribution is -2.01. The van der Waals surface area contributed by atoms with E-state index in [4.69, 9.17) is 0 Å². The highest BCUT2D eigenvalue weighted by atomic mass is 16.3. The van der Waals surface area contributed by atoms with Crippen molar-refractivity contribution >= 4 is 10.8 Å². The van der Waals surface area contributed by atoms with Gasteiger partial charge in [0.25, 0.3) is 0 Å². The van der Waals surface area contributed by atoms with Crippen molar-refractivity contribution in [2.75, 3.05) is 0 Å². The van der Waals surface area contributed by atoms with Crippen molar-refractivity contribution in [2.24, 2.45) is 0 Å². The van der Waals surface area contributed by atoms with E-state index in [1.165, 1.54) is 36.6 Å². The summed E-state index contributed by atoms with van der Waals surface area (Å²) < 4.78 is 0. The third kappa shape index (κ3) is 3.40. The van der Waals surface area contributed by atoms with E-state index < -0.39 is 6.10 Å². The Kier molecular flexibility index (Phi) is 5.60. The molecule has 1 heteroatoms. The van der Waals surface area contributed by atoms with Crippen LogP contribution in [0.15, 0.2) is 36.4 Å². The van der Waals surface area contributed by atoms with Crippen LogP contribution >= 0.6 is 0 Å². The Balaban J connectivity index is 2.32. The van der Waals surface area contributed by atoms with E-state index >= 15 is 0 Å². The maximum absolute atomic E-state index is 12.4. The predicted molar refractivity (Wildman–Crippen MR) is 85.5 cm³/mol. The zero-order valence-electron chi connectivity index (χ0n) is 12.7. The summed E-state index contributed by atoms with van der Waals surface area (Å²) >= 11 is 0. The minimum Gasteiger partial charge on any atom is -0.228 e. The van der Waals surface area contributed by atoms with Gasteiger partial charge in [-0.2, -0.15) is 0 Å². The number of rotatable bonds is 7. The molecule has 2 rings (SSSR count). The third-order valence-corrected chi connectivity index (χ3v) is 4.05. The fourth-order valence-corrected chi connectivity index (χ4v) is 2.89. The number of fused-ring (bicyclic) bond motifs is 1. The Morgan fingerprint density at radius 3 is 2.50 bits per heavy atom. The number of hydrogen-bond acceptors (Lipinski definition) is 0. The fraction of sp³-hybridized carbons (Fsp3) is 0.474. The zero-order valence-corrected chi connectivity index (χ0v) is 12.7. The van der Waals surface area contributed by atoms with Crippen LogP contribution in [0.25, 0.3) is 10.8 Å². The Labute approximate surface area is 122 Å². The molecule has 1 radical (unpaired) electrons. The van der Waals surface area contributed by atoms with E-state index in [2.05, 4.69) is 31.2 Å². The molecule has 2 aromatic rings. The first kappa shape index (κ1) is 15.1. The van der Waals surface area contributed by atoms with Gasteiger partial charge in [0.2, 0.25) is 0 Å². The molecular formula is C19H25O. The van der Waals surface area contributed by atoms with Crippen molar-refractivity contribution < 1.29 is 5.11 Å². The summed E-state index contributed by atoms with van der Waals surface area (Å²) in [6.45, 7) is 4.21. The van der Waals surface area contributed by atoms with Crippen LogP contribution in [0.2, 0.25) is 0 Å². The van der Waals surface area contributed by atoms with Gasteiger partial charge in [-0.05, 0) is 41.2 Å². The summed E-state index contributed by atoms with van der Waals surface area (Å²) in [5.74, 6) is 0. The Hall–Kier alpha value is -1.34. The second-order valence-corrected chi connectivity index (χ2v) is 5.57. The Bertz CT molecular complexity index is 544. The van der Waals surface area contributed by atoms with Gasteiger partial charge in [0.1, 0.15) is 6.10 Å². The van der Waals surface area contributed by atoms with Crippen molar-refractivity contribution in [1.29, 1.82) is 0 Å². The summed E-state index contributed by atoms with van der Waals surface area (Å²) in [6, 6.07) is 12.6. The molecule has 20 heavy (non-hydrogen) atoms. The first-order valence-electron chi connectivity index (χ1n) is 7.94. The summed E-state index contributed by atoms with van der Waals surface area (Å²) in [5, 5.41) is 14.8. The maximum atomic E-state index is 12.4. The second-order valence-electron chi connectivity index (χ2n) is 5.57. The van der Waals surface area contributed by atoms with Gasteiger partial charge in [0, 0.05) is 0 Å². The van der Waals surface area contributed by atoms with Crippen LogP contribution < -0.4 is 0 Å². The molecule has 0 aromatic heterocycles. The van der Waals surface area contributed by atoms with E-state index in [-0.39, 0.29) is 0 Å². The molecule has 0 aliphatic rings. The van der Waals surface area contributed by atoms with Crippen LogP contribution in [0.5, 0.6) is 0 Å². The van der Waals surface area contributed by atoms with Crippen molar-refractivity contribution in [3.63, 3.8) is 0 Å². The topological polar surface area (TPSA) is 19.9 Å². The number of hydrogen-bond donors (Lipinski definition) is 0. The summed E-state index contributed by atoms with van der Waals surface area (Å²) in [5.41, 5.74) is 2.31. The normalized spacial score (nSPS) is 12.8. The van der Waals surface area contributed by atoms with E-state index in [1.807, 2.05) is 19.1 Å². The standard InChI is InChI=1S/C19H25O/c1-3-5-6-7-11-16-14-13-15-10-8-9-12-17(15)19(16)18(20)4-2/h8-10,12-14,18H,3-7,11H2,1-2H3. The molecule has 0 bridgehead atoms. The molecule has 0 spiro atoms. The molecule has 1 nitrogen and oxygen atoms in total. The molecule has 0 saturated carbocycles. The van der Waals surface area contributed by atoms with Gasteiger partial charge in [0.05, 0.1) is 0 Å². The van der Waals surface area contributed by atoms with Gasteiger partial charge >= 0.3 is 0 Å². The monoisotopic (exact) mass is 269 g/mol. The minimum absolute atomic E-state index is 0.595. The molecule has 0 aliphatic heterocycles. The van der Waals surface area contributed by atoms with E-state index in [0.29, 0.717) is 6.42 Å². The lowest BCUT2D eigenvalue weighted by Gasteiger charge is -2.16. The number of aryl methyl sites for hydroxylation is 1. The van der Waals surface area contributed by atoms with Gasteiger partial charge in [0.15, 0.2) is 0 Å². The van der Waals surface area contributed by atoms with Crippen LogP contribution in [0, 0.1) is 0 Å². The third-order valence-electron chi connectivity index (χ3n) is 4.05. The smallest absolute Gasteiger partial charge is 0.119 e. The van der Waals surface area contributed by atoms with Crippen molar-refractivity contribution in [1.82, 2.24) is 0 Å². The molecule has 0 saturated heterocycles. The van der Waals surface area contributed by atoms with Crippen LogP contribution in [-0.2, 0) is 11.5 Å². The average Bonchev–Trinajstić information content (AvgIpc) is 2.50. The molecule has 0 heterocycles. The van der Waals surface area contributed by atoms with Crippen molar-refractivity contribution in [3.8, 4) is 0 Å². The average molecular weight is 269 g/mol. The van der Waals surface area contributed by atoms with Gasteiger partial charge < -0.3 is 0 Å². The first-order valence-corrected chi connectivity index (χ1v) is 7.94. The van der Waals surface area contributed by atoms with Crippen LogP contribution in [0.4, 0.5) is 0 Å². The fourth-order valence-electron chi connectivity index (χ4n) is 2.89. The molecule has 0 amide bonds. The highest BCUT2D eigenvalue weighted by Crippen LogP contribution is 2.31. The van der Waals surface area contributed by atoms with Gasteiger partial charge in [-0.1, -0.05) is 69.5 Å². The highest BCUT2D eigenvalue weighted by molar-refractivity contribution is 5.87. The van der Waals surface area contributed by atoms with E-state index in [1.54, 1.807) is 0 Å². The zero-order chi connectivity index (χ0) is 14.4. The van der Waals surface area contributed by atoms with Gasteiger partial charge in [-0.3, -0.25) is 0 Å². The number of benzene rings is 2. The van der Waals surface area contributed by atoms with Crippen LogP contribution in [0.3, 0.4) is 0 Å². The molecular weight excluding hydrogens is 244 g/mol. The molecule has 107 valence electrons. The Morgan fingerprint density at radius 2 is 1.75 bits per heavy atom. The lowest BCUT2D eigenvalue weighted by atomic mass is 9.91. The lowest BCUT2D eigenvalue weighted by molar-refractivity contribution is 0.0862. The first-order chi connectivity index (χ1) is 9.77. The molecule has 0 aliphatic carbocycles. The molecule has 0 N–H and O–H groups in total. The van der Waals surface area contributed by atoms with Gasteiger partial charge in [-0.15, -0.1) is 0 Å². The van der Waals surface area contributed by atoms with Gasteiger partial charge in [-0.25, -0.2) is 5.11 Å². The van der Waals surface area contributed by atoms with Crippen LogP contribution in [-0.4, -0.2) is 0 Å². The highest BCUT2D eigenvalue weighted by Gasteiger charge is 2.15. The largest absolute Gasteiger partial charge is 0.228 e.